The standard InChI is InChI=1S/C19H21N7S/c20-19(23-24-21)14-5-1-3-7-16(14)26-11-9-25(10-12-26)13-18-22-15-6-2-4-8-17(15)27-18/h1-8H,9-13H2,(H3,20,21,23)/p+1. The summed E-state index contributed by atoms with van der Waals surface area (Å²) < 4.78 is 1.25. The largest absolute Gasteiger partial charge is 0.368 e. The minimum absolute atomic E-state index is 0.338. The molecule has 1 saturated heterocycles. The lowest BCUT2D eigenvalue weighted by Gasteiger charge is -2.36. The lowest BCUT2D eigenvalue weighted by atomic mass is 10.1. The molecule has 0 bridgehead atoms. The Bertz CT molecular complexity index is 940. The fourth-order valence-electron chi connectivity index (χ4n) is 3.41. The van der Waals surface area contributed by atoms with Crippen LogP contribution in [0.25, 0.3) is 10.2 Å². The molecule has 4 rings (SSSR count). The molecule has 0 unspecified atom stereocenters. The van der Waals surface area contributed by atoms with Crippen molar-refractivity contribution in [3.8, 4) is 0 Å². The van der Waals surface area contributed by atoms with Crippen molar-refractivity contribution >= 4 is 33.1 Å². The average Bonchev–Trinajstić information content (AvgIpc) is 3.11. The van der Waals surface area contributed by atoms with Gasteiger partial charge in [0.15, 0.2) is 0 Å². The van der Waals surface area contributed by atoms with Gasteiger partial charge in [0, 0.05) is 26.2 Å². The van der Waals surface area contributed by atoms with Gasteiger partial charge in [0.1, 0.15) is 10.2 Å². The molecule has 138 valence electrons. The Balaban J connectivity index is 1.43. The number of thiazole rings is 1. The maximum absolute atomic E-state index is 6.01. The monoisotopic (exact) mass is 380 g/mol. The number of nitrogens with zero attached hydrogens (tertiary/aromatic N) is 5. The molecule has 7 nitrogen and oxygen atoms in total. The van der Waals surface area contributed by atoms with Crippen LogP contribution in [0.3, 0.4) is 0 Å². The van der Waals surface area contributed by atoms with Gasteiger partial charge in [0.2, 0.25) is 0 Å². The lowest BCUT2D eigenvalue weighted by Crippen LogP contribution is -2.46. The van der Waals surface area contributed by atoms with Crippen LogP contribution in [-0.2, 0) is 6.54 Å². The number of amidine groups is 1. The van der Waals surface area contributed by atoms with Crippen LogP contribution in [0.5, 0.6) is 0 Å². The van der Waals surface area contributed by atoms with E-state index in [9.17, 15) is 0 Å². The van der Waals surface area contributed by atoms with E-state index >= 15 is 0 Å². The lowest BCUT2D eigenvalue weighted by molar-refractivity contribution is -0.221. The molecule has 0 saturated carbocycles. The summed E-state index contributed by atoms with van der Waals surface area (Å²) in [6, 6.07) is 16.3. The fraction of sp³-hybridized carbons (Fsp3) is 0.263. The van der Waals surface area contributed by atoms with Gasteiger partial charge in [-0.3, -0.25) is 4.90 Å². The van der Waals surface area contributed by atoms with Crippen molar-refractivity contribution in [3.05, 3.63) is 59.1 Å². The molecule has 1 fully saturated rings. The van der Waals surface area contributed by atoms with E-state index in [-0.39, 0.29) is 0 Å². The first kappa shape index (κ1) is 17.6. The molecule has 0 amide bonds. The van der Waals surface area contributed by atoms with E-state index in [1.165, 1.54) is 9.71 Å². The summed E-state index contributed by atoms with van der Waals surface area (Å²) in [7, 11) is 0. The van der Waals surface area contributed by atoms with Crippen LogP contribution >= 0.6 is 11.3 Å². The zero-order valence-corrected chi connectivity index (χ0v) is 15.8. The Labute approximate surface area is 161 Å². The van der Waals surface area contributed by atoms with E-state index in [4.69, 9.17) is 16.2 Å². The van der Waals surface area contributed by atoms with Crippen LogP contribution in [-0.4, -0.2) is 41.9 Å². The van der Waals surface area contributed by atoms with Gasteiger partial charge in [0.05, 0.1) is 33.1 Å². The summed E-state index contributed by atoms with van der Waals surface area (Å²) in [5, 5.41) is 8.27. The Hall–Kier alpha value is -2.84. The highest BCUT2D eigenvalue weighted by molar-refractivity contribution is 7.18. The number of benzene rings is 2. The van der Waals surface area contributed by atoms with Crippen molar-refractivity contribution in [2.24, 2.45) is 16.1 Å². The van der Waals surface area contributed by atoms with Crippen molar-refractivity contribution in [2.75, 3.05) is 31.1 Å². The maximum Gasteiger partial charge on any atom is 0.275 e. The van der Waals surface area contributed by atoms with Crippen LogP contribution in [0, 0.1) is 0 Å². The molecular weight excluding hydrogens is 358 g/mol. The second-order valence-corrected chi connectivity index (χ2v) is 7.57. The van der Waals surface area contributed by atoms with Crippen LogP contribution in [0.15, 0.2) is 58.9 Å². The van der Waals surface area contributed by atoms with E-state index in [0.29, 0.717) is 5.84 Å². The highest BCUT2D eigenvalue weighted by atomic mass is 32.1. The van der Waals surface area contributed by atoms with Crippen molar-refractivity contribution in [2.45, 2.75) is 6.54 Å². The number of aromatic nitrogens is 1. The SMILES string of the molecule is N/C(=N\N=[NH2+])c1ccccc1N1CCN(Cc2nc3ccccc3s2)CC1. The average molecular weight is 381 g/mol. The Morgan fingerprint density at radius 1 is 1.07 bits per heavy atom. The fourth-order valence-corrected chi connectivity index (χ4v) is 4.42. The smallest absolute Gasteiger partial charge is 0.275 e. The Kier molecular flexibility index (Phi) is 5.08. The minimum atomic E-state index is 0.338. The molecule has 4 N–H and O–H groups in total. The van der Waals surface area contributed by atoms with Crippen LogP contribution in [0.4, 0.5) is 5.69 Å². The summed E-state index contributed by atoms with van der Waals surface area (Å²) >= 11 is 1.78. The molecule has 0 atom stereocenters. The summed E-state index contributed by atoms with van der Waals surface area (Å²) in [6.07, 6.45) is 0. The van der Waals surface area contributed by atoms with E-state index in [2.05, 4.69) is 44.4 Å². The summed E-state index contributed by atoms with van der Waals surface area (Å²) in [5.41, 5.74) is 14.2. The first-order valence-corrected chi connectivity index (χ1v) is 9.71. The second-order valence-electron chi connectivity index (χ2n) is 6.46. The van der Waals surface area contributed by atoms with E-state index in [1.54, 1.807) is 11.3 Å². The molecule has 3 aromatic rings. The van der Waals surface area contributed by atoms with Gasteiger partial charge in [0.25, 0.3) is 5.84 Å². The zero-order valence-electron chi connectivity index (χ0n) is 15.0. The van der Waals surface area contributed by atoms with Crippen molar-refractivity contribution in [3.63, 3.8) is 0 Å². The molecule has 27 heavy (non-hydrogen) atoms. The Morgan fingerprint density at radius 3 is 2.59 bits per heavy atom. The number of piperazine rings is 1. The van der Waals surface area contributed by atoms with Crippen molar-refractivity contribution in [1.29, 1.82) is 0 Å². The van der Waals surface area contributed by atoms with E-state index in [1.807, 2.05) is 24.3 Å². The third-order valence-corrected chi connectivity index (χ3v) is 5.78. The summed E-state index contributed by atoms with van der Waals surface area (Å²) in [5.74, 6) is 0.338. The molecule has 1 aromatic heterocycles. The van der Waals surface area contributed by atoms with Crippen LogP contribution in [0.2, 0.25) is 0 Å². The molecule has 0 aliphatic carbocycles. The molecule has 2 heterocycles. The summed E-state index contributed by atoms with van der Waals surface area (Å²) in [6.45, 7) is 4.69. The van der Waals surface area contributed by atoms with Gasteiger partial charge in [-0.2, -0.15) is 5.53 Å². The van der Waals surface area contributed by atoms with Crippen molar-refractivity contribution in [1.82, 2.24) is 9.88 Å². The number of para-hydroxylation sites is 2. The zero-order chi connectivity index (χ0) is 18.6. The number of hydrogen-bond acceptors (Lipinski definition) is 5. The molecule has 2 aromatic carbocycles. The van der Waals surface area contributed by atoms with Gasteiger partial charge in [-0.1, -0.05) is 24.3 Å². The third-order valence-electron chi connectivity index (χ3n) is 4.76. The topological polar surface area (TPSA) is 95.7 Å². The van der Waals surface area contributed by atoms with Crippen LogP contribution in [0.1, 0.15) is 10.6 Å². The maximum atomic E-state index is 6.01. The first-order valence-electron chi connectivity index (χ1n) is 8.89. The van der Waals surface area contributed by atoms with Gasteiger partial charge in [-0.05, 0) is 24.3 Å². The van der Waals surface area contributed by atoms with Gasteiger partial charge < -0.3 is 10.6 Å². The van der Waals surface area contributed by atoms with Crippen LogP contribution < -0.4 is 16.2 Å². The normalized spacial score (nSPS) is 16.0. The number of hydrogen-bond donors (Lipinski definition) is 2. The molecular formula is C19H22N7S+. The predicted molar refractivity (Wildman–Crippen MR) is 109 cm³/mol. The van der Waals surface area contributed by atoms with E-state index in [0.717, 1.165) is 49.5 Å². The minimum Gasteiger partial charge on any atom is -0.368 e. The molecule has 1 aliphatic heterocycles. The van der Waals surface area contributed by atoms with Gasteiger partial charge >= 0.3 is 0 Å². The quantitative estimate of drug-likeness (QED) is 0.303. The number of anilines is 1. The summed E-state index contributed by atoms with van der Waals surface area (Å²) in [4.78, 5) is 9.53. The van der Waals surface area contributed by atoms with Gasteiger partial charge in [-0.25, -0.2) is 4.98 Å². The molecule has 0 radical (unpaired) electrons. The van der Waals surface area contributed by atoms with Gasteiger partial charge in [-0.15, -0.1) is 11.3 Å². The molecule has 0 spiro atoms. The number of nitrogens with two attached hydrogens (primary N) is 2. The third kappa shape index (κ3) is 3.81. The first-order chi connectivity index (χ1) is 13.2. The number of fused-ring (bicyclic) bond motifs is 1. The Morgan fingerprint density at radius 2 is 1.81 bits per heavy atom. The highest BCUT2D eigenvalue weighted by Gasteiger charge is 2.22. The van der Waals surface area contributed by atoms with E-state index < -0.39 is 0 Å². The molecule has 8 heteroatoms. The highest BCUT2D eigenvalue weighted by Crippen LogP contribution is 2.25. The number of rotatable bonds is 5. The molecule has 1 aliphatic rings. The van der Waals surface area contributed by atoms with Crippen molar-refractivity contribution < 1.29 is 5.53 Å². The predicted octanol–water partition coefficient (Wildman–Crippen LogP) is 1.45. The second kappa shape index (κ2) is 7.81.